The summed E-state index contributed by atoms with van der Waals surface area (Å²) in [5.41, 5.74) is 3.98. The van der Waals surface area contributed by atoms with Crippen molar-refractivity contribution in [3.8, 4) is 0 Å². The van der Waals surface area contributed by atoms with Crippen molar-refractivity contribution in [1.82, 2.24) is 20.1 Å². The lowest BCUT2D eigenvalue weighted by molar-refractivity contribution is -0.0573. The number of morpholine rings is 1. The largest absolute Gasteiger partial charge is 0.373 e. The fourth-order valence-corrected chi connectivity index (χ4v) is 2.62. The highest BCUT2D eigenvalue weighted by molar-refractivity contribution is 5.09. The van der Waals surface area contributed by atoms with Crippen LogP contribution in [-0.4, -0.2) is 46.5 Å². The third-order valence-corrected chi connectivity index (χ3v) is 3.77. The number of nitrogens with one attached hydrogen (secondary N) is 1. The topological polar surface area (TPSA) is 68.3 Å². The lowest BCUT2D eigenvalue weighted by Crippen LogP contribution is -2.51. The Labute approximate surface area is 114 Å². The molecule has 0 spiro atoms. The molecule has 2 heterocycles. The zero-order valence-electron chi connectivity index (χ0n) is 12.0. The standard InChI is InChI=1S/C13H25N5O/c1-4-18-11(5-6-15-18)13(16-14)12-9-17(10(2)3)7-8-19-12/h5-6,10,12-13,16H,4,7-9,14H2,1-3H3. The molecule has 1 aromatic rings. The van der Waals surface area contributed by atoms with Crippen molar-refractivity contribution < 1.29 is 4.74 Å². The Morgan fingerprint density at radius 1 is 1.58 bits per heavy atom. The minimum atomic E-state index is -0.0241. The Bertz CT molecular complexity index is 392. The van der Waals surface area contributed by atoms with E-state index in [1.54, 1.807) is 0 Å². The number of hydrogen-bond donors (Lipinski definition) is 2. The molecule has 0 saturated carbocycles. The molecule has 1 fully saturated rings. The fraction of sp³-hybridized carbons (Fsp3) is 0.769. The van der Waals surface area contributed by atoms with Crippen molar-refractivity contribution in [3.05, 3.63) is 18.0 Å². The van der Waals surface area contributed by atoms with E-state index in [1.807, 2.05) is 16.9 Å². The van der Waals surface area contributed by atoms with Gasteiger partial charge >= 0.3 is 0 Å². The van der Waals surface area contributed by atoms with Gasteiger partial charge in [-0.15, -0.1) is 0 Å². The predicted octanol–water partition coefficient (Wildman–Crippen LogP) is 0.517. The molecular formula is C13H25N5O. The van der Waals surface area contributed by atoms with Gasteiger partial charge in [0.2, 0.25) is 0 Å². The van der Waals surface area contributed by atoms with Crippen LogP contribution in [0.25, 0.3) is 0 Å². The van der Waals surface area contributed by atoms with Crippen molar-refractivity contribution >= 4 is 0 Å². The first kappa shape index (κ1) is 14.5. The highest BCUT2D eigenvalue weighted by Crippen LogP contribution is 2.22. The van der Waals surface area contributed by atoms with Crippen molar-refractivity contribution in [3.63, 3.8) is 0 Å². The van der Waals surface area contributed by atoms with Crippen LogP contribution in [0.1, 0.15) is 32.5 Å². The molecule has 2 atom stereocenters. The summed E-state index contributed by atoms with van der Waals surface area (Å²) in [4.78, 5) is 2.42. The van der Waals surface area contributed by atoms with Crippen LogP contribution < -0.4 is 11.3 Å². The molecule has 3 N–H and O–H groups in total. The summed E-state index contributed by atoms with van der Waals surface area (Å²) in [7, 11) is 0. The van der Waals surface area contributed by atoms with Crippen molar-refractivity contribution in [1.29, 1.82) is 0 Å². The predicted molar refractivity (Wildman–Crippen MR) is 74.4 cm³/mol. The molecule has 0 amide bonds. The Kier molecular flexibility index (Phi) is 4.93. The molecule has 108 valence electrons. The monoisotopic (exact) mass is 267 g/mol. The van der Waals surface area contributed by atoms with Gasteiger partial charge in [0.1, 0.15) is 0 Å². The summed E-state index contributed by atoms with van der Waals surface area (Å²) < 4.78 is 7.87. The van der Waals surface area contributed by atoms with E-state index in [-0.39, 0.29) is 12.1 Å². The number of aryl methyl sites for hydroxylation is 1. The van der Waals surface area contributed by atoms with Gasteiger partial charge in [0.25, 0.3) is 0 Å². The number of nitrogens with two attached hydrogens (primary N) is 1. The average molecular weight is 267 g/mol. The number of ether oxygens (including phenoxy) is 1. The van der Waals surface area contributed by atoms with E-state index in [0.29, 0.717) is 6.04 Å². The quantitative estimate of drug-likeness (QED) is 0.601. The van der Waals surface area contributed by atoms with Crippen LogP contribution in [0.4, 0.5) is 0 Å². The second kappa shape index (κ2) is 6.47. The Hall–Kier alpha value is -0.950. The van der Waals surface area contributed by atoms with Gasteiger partial charge in [-0.25, -0.2) is 5.43 Å². The van der Waals surface area contributed by atoms with Crippen molar-refractivity contribution in [2.24, 2.45) is 5.84 Å². The fourth-order valence-electron chi connectivity index (χ4n) is 2.62. The number of hydrogen-bond acceptors (Lipinski definition) is 5. The zero-order chi connectivity index (χ0) is 13.8. The van der Waals surface area contributed by atoms with Gasteiger partial charge in [-0.05, 0) is 26.8 Å². The third kappa shape index (κ3) is 3.14. The molecular weight excluding hydrogens is 242 g/mol. The van der Waals surface area contributed by atoms with E-state index in [1.165, 1.54) is 0 Å². The van der Waals surface area contributed by atoms with Gasteiger partial charge in [0.05, 0.1) is 24.4 Å². The Morgan fingerprint density at radius 2 is 2.37 bits per heavy atom. The molecule has 1 aliphatic heterocycles. The smallest absolute Gasteiger partial charge is 0.0925 e. The number of rotatable bonds is 5. The zero-order valence-corrected chi connectivity index (χ0v) is 12.0. The van der Waals surface area contributed by atoms with Gasteiger partial charge in [0, 0.05) is 31.9 Å². The number of hydrazine groups is 1. The first-order valence-electron chi connectivity index (χ1n) is 7.00. The highest BCUT2D eigenvalue weighted by atomic mass is 16.5. The van der Waals surface area contributed by atoms with Crippen LogP contribution >= 0.6 is 0 Å². The lowest BCUT2D eigenvalue weighted by atomic mass is 10.1. The van der Waals surface area contributed by atoms with E-state index >= 15 is 0 Å². The van der Waals surface area contributed by atoms with E-state index in [0.717, 1.165) is 31.9 Å². The Balaban J connectivity index is 2.13. The molecule has 0 bridgehead atoms. The third-order valence-electron chi connectivity index (χ3n) is 3.77. The second-order valence-electron chi connectivity index (χ2n) is 5.21. The Morgan fingerprint density at radius 3 is 3.00 bits per heavy atom. The molecule has 2 unspecified atom stereocenters. The van der Waals surface area contributed by atoms with E-state index < -0.39 is 0 Å². The van der Waals surface area contributed by atoms with Crippen LogP contribution in [0.5, 0.6) is 0 Å². The second-order valence-corrected chi connectivity index (χ2v) is 5.21. The van der Waals surface area contributed by atoms with Crippen molar-refractivity contribution in [2.45, 2.75) is 45.5 Å². The maximum absolute atomic E-state index is 5.91. The summed E-state index contributed by atoms with van der Waals surface area (Å²) in [6.07, 6.45) is 1.87. The summed E-state index contributed by atoms with van der Waals surface area (Å²) in [6.45, 7) is 9.96. The first-order valence-corrected chi connectivity index (χ1v) is 7.00. The number of nitrogens with zero attached hydrogens (tertiary/aromatic N) is 3. The van der Waals surface area contributed by atoms with E-state index in [2.05, 4.69) is 36.2 Å². The average Bonchev–Trinajstić information content (AvgIpc) is 2.88. The van der Waals surface area contributed by atoms with Gasteiger partial charge in [-0.3, -0.25) is 15.4 Å². The van der Waals surface area contributed by atoms with Gasteiger partial charge in [-0.1, -0.05) is 0 Å². The van der Waals surface area contributed by atoms with Crippen LogP contribution in [0, 0.1) is 0 Å². The van der Waals surface area contributed by atoms with Gasteiger partial charge in [-0.2, -0.15) is 5.10 Å². The summed E-state index contributed by atoms with van der Waals surface area (Å²) in [5.74, 6) is 5.75. The van der Waals surface area contributed by atoms with Crippen LogP contribution in [0.2, 0.25) is 0 Å². The summed E-state index contributed by atoms with van der Waals surface area (Å²) >= 11 is 0. The molecule has 6 nitrogen and oxygen atoms in total. The maximum atomic E-state index is 5.91. The van der Waals surface area contributed by atoms with Gasteiger partial charge < -0.3 is 4.74 Å². The molecule has 6 heteroatoms. The van der Waals surface area contributed by atoms with Gasteiger partial charge in [0.15, 0.2) is 0 Å². The van der Waals surface area contributed by atoms with Crippen LogP contribution in [0.3, 0.4) is 0 Å². The molecule has 1 aliphatic rings. The highest BCUT2D eigenvalue weighted by Gasteiger charge is 2.31. The number of aromatic nitrogens is 2. The van der Waals surface area contributed by atoms with Crippen LogP contribution in [0.15, 0.2) is 12.3 Å². The molecule has 0 aliphatic carbocycles. The molecule has 0 aromatic carbocycles. The first-order chi connectivity index (χ1) is 9.17. The molecule has 1 aromatic heterocycles. The lowest BCUT2D eigenvalue weighted by Gasteiger charge is -2.38. The molecule has 2 rings (SSSR count). The maximum Gasteiger partial charge on any atom is 0.0925 e. The summed E-state index contributed by atoms with van der Waals surface area (Å²) in [5, 5.41) is 4.30. The van der Waals surface area contributed by atoms with E-state index in [4.69, 9.17) is 10.6 Å². The van der Waals surface area contributed by atoms with E-state index in [9.17, 15) is 0 Å². The SMILES string of the molecule is CCn1nccc1C(NN)C1CN(C(C)C)CCO1. The molecule has 0 radical (unpaired) electrons. The minimum Gasteiger partial charge on any atom is -0.373 e. The van der Waals surface area contributed by atoms with Crippen molar-refractivity contribution in [2.75, 3.05) is 19.7 Å². The molecule has 1 saturated heterocycles. The molecule has 19 heavy (non-hydrogen) atoms. The minimum absolute atomic E-state index is 0.0241. The normalized spacial score (nSPS) is 22.9. The summed E-state index contributed by atoms with van der Waals surface area (Å²) in [6, 6.07) is 2.51. The van der Waals surface area contributed by atoms with Crippen LogP contribution in [-0.2, 0) is 11.3 Å².